The van der Waals surface area contributed by atoms with Crippen LogP contribution >= 0.6 is 11.6 Å². The summed E-state index contributed by atoms with van der Waals surface area (Å²) in [6.07, 6.45) is 5.42. The van der Waals surface area contributed by atoms with Crippen LogP contribution in [0.3, 0.4) is 0 Å². The number of hydrogen-bond donors (Lipinski definition) is 0. The van der Waals surface area contributed by atoms with E-state index in [-0.39, 0.29) is 5.91 Å². The van der Waals surface area contributed by atoms with Gasteiger partial charge >= 0.3 is 0 Å². The summed E-state index contributed by atoms with van der Waals surface area (Å²) >= 11 is 6.37. The highest BCUT2D eigenvalue weighted by Crippen LogP contribution is 2.29. The molecule has 6 nitrogen and oxygen atoms in total. The number of aromatic nitrogens is 4. The second-order valence-corrected chi connectivity index (χ2v) is 7.27. The summed E-state index contributed by atoms with van der Waals surface area (Å²) in [5.74, 6) is 0.546. The van der Waals surface area contributed by atoms with Crippen molar-refractivity contribution in [1.82, 2.24) is 24.9 Å². The van der Waals surface area contributed by atoms with E-state index in [0.29, 0.717) is 28.0 Å². The zero-order valence-electron chi connectivity index (χ0n) is 15.0. The summed E-state index contributed by atoms with van der Waals surface area (Å²) in [4.78, 5) is 19.2. The molecule has 0 bridgehead atoms. The van der Waals surface area contributed by atoms with Crippen molar-refractivity contribution in [3.05, 3.63) is 59.5 Å². The number of para-hydroxylation sites is 1. The summed E-state index contributed by atoms with van der Waals surface area (Å²) in [7, 11) is 0. The van der Waals surface area contributed by atoms with Crippen LogP contribution in [-0.4, -0.2) is 43.9 Å². The van der Waals surface area contributed by atoms with Crippen molar-refractivity contribution in [2.45, 2.75) is 19.8 Å². The highest BCUT2D eigenvalue weighted by atomic mass is 35.5. The van der Waals surface area contributed by atoms with Gasteiger partial charge in [-0.25, -0.2) is 4.68 Å². The van der Waals surface area contributed by atoms with Crippen molar-refractivity contribution in [2.24, 2.45) is 5.92 Å². The number of rotatable bonds is 3. The molecule has 4 rings (SSSR count). The minimum Gasteiger partial charge on any atom is -0.337 e. The first-order valence-corrected chi connectivity index (χ1v) is 9.43. The number of halogens is 1. The highest BCUT2D eigenvalue weighted by molar-refractivity contribution is 6.32. The quantitative estimate of drug-likeness (QED) is 0.691. The summed E-state index contributed by atoms with van der Waals surface area (Å²) in [5.41, 5.74) is 2.39. The van der Waals surface area contributed by atoms with Gasteiger partial charge in [0.15, 0.2) is 5.69 Å². The van der Waals surface area contributed by atoms with E-state index in [2.05, 4.69) is 22.2 Å². The number of amides is 1. The lowest BCUT2D eigenvalue weighted by Gasteiger charge is -2.29. The predicted molar refractivity (Wildman–Crippen MR) is 104 cm³/mol. The molecule has 138 valence electrons. The number of carbonyl (C=O) groups excluding carboxylic acids is 1. The standard InChI is InChI=1S/C20H20ClN5O/c1-14-8-11-25(12-9-14)20(27)18-19(15-5-4-10-22-13-15)26(24-23-18)17-7-3-2-6-16(17)21/h2-7,10,13-14H,8-9,11-12H2,1H3. The Kier molecular flexibility index (Phi) is 4.90. The Balaban J connectivity index is 1.81. The van der Waals surface area contributed by atoms with Crippen LogP contribution in [0.1, 0.15) is 30.3 Å². The van der Waals surface area contributed by atoms with Crippen LogP contribution in [0.5, 0.6) is 0 Å². The molecule has 7 heteroatoms. The van der Waals surface area contributed by atoms with E-state index < -0.39 is 0 Å². The second-order valence-electron chi connectivity index (χ2n) is 6.87. The van der Waals surface area contributed by atoms with E-state index in [1.807, 2.05) is 35.2 Å². The zero-order chi connectivity index (χ0) is 18.8. The molecule has 3 heterocycles. The summed E-state index contributed by atoms with van der Waals surface area (Å²) in [6.45, 7) is 3.70. The van der Waals surface area contributed by atoms with Gasteiger partial charge in [-0.15, -0.1) is 5.10 Å². The fraction of sp³-hybridized carbons (Fsp3) is 0.300. The molecule has 1 aromatic carbocycles. The number of nitrogens with zero attached hydrogens (tertiary/aromatic N) is 5. The average Bonchev–Trinajstić information content (AvgIpc) is 3.14. The van der Waals surface area contributed by atoms with Gasteiger partial charge in [0.1, 0.15) is 5.69 Å². The van der Waals surface area contributed by atoms with E-state index in [1.54, 1.807) is 23.1 Å². The third kappa shape index (κ3) is 3.45. The van der Waals surface area contributed by atoms with Gasteiger partial charge in [-0.2, -0.15) is 0 Å². The third-order valence-corrected chi connectivity index (χ3v) is 5.28. The van der Waals surface area contributed by atoms with Crippen LogP contribution in [0.2, 0.25) is 5.02 Å². The molecular formula is C20H20ClN5O. The Morgan fingerprint density at radius 2 is 1.93 bits per heavy atom. The summed E-state index contributed by atoms with van der Waals surface area (Å²) < 4.78 is 1.62. The molecule has 0 spiro atoms. The van der Waals surface area contributed by atoms with Crippen molar-refractivity contribution in [1.29, 1.82) is 0 Å². The van der Waals surface area contributed by atoms with Gasteiger partial charge < -0.3 is 4.90 Å². The molecule has 1 aliphatic heterocycles. The van der Waals surface area contributed by atoms with Crippen molar-refractivity contribution in [2.75, 3.05) is 13.1 Å². The van der Waals surface area contributed by atoms with E-state index in [4.69, 9.17) is 11.6 Å². The molecule has 3 aromatic rings. The fourth-order valence-corrected chi connectivity index (χ4v) is 3.56. The molecule has 0 unspecified atom stereocenters. The SMILES string of the molecule is CC1CCN(C(=O)c2nnn(-c3ccccc3Cl)c2-c2cccnc2)CC1. The highest BCUT2D eigenvalue weighted by Gasteiger charge is 2.28. The average molecular weight is 382 g/mol. The van der Waals surface area contributed by atoms with E-state index in [0.717, 1.165) is 31.5 Å². The van der Waals surface area contributed by atoms with Crippen LogP contribution < -0.4 is 0 Å². The summed E-state index contributed by atoms with van der Waals surface area (Å²) in [6, 6.07) is 11.1. The van der Waals surface area contributed by atoms with Crippen molar-refractivity contribution in [3.63, 3.8) is 0 Å². The van der Waals surface area contributed by atoms with Crippen molar-refractivity contribution >= 4 is 17.5 Å². The van der Waals surface area contributed by atoms with Gasteiger partial charge in [0.05, 0.1) is 10.7 Å². The summed E-state index contributed by atoms with van der Waals surface area (Å²) in [5, 5.41) is 9.04. The molecule has 0 atom stereocenters. The van der Waals surface area contributed by atoms with Crippen LogP contribution in [0.4, 0.5) is 0 Å². The third-order valence-electron chi connectivity index (χ3n) is 4.96. The lowest BCUT2D eigenvalue weighted by atomic mass is 9.99. The van der Waals surface area contributed by atoms with Crippen LogP contribution in [0, 0.1) is 5.92 Å². The molecule has 1 aliphatic rings. The molecule has 0 aliphatic carbocycles. The van der Waals surface area contributed by atoms with E-state index >= 15 is 0 Å². The first-order valence-electron chi connectivity index (χ1n) is 9.05. The van der Waals surface area contributed by atoms with Crippen LogP contribution in [0.15, 0.2) is 48.8 Å². The first-order chi connectivity index (χ1) is 13.1. The van der Waals surface area contributed by atoms with Gasteiger partial charge in [0.25, 0.3) is 5.91 Å². The fourth-order valence-electron chi connectivity index (χ4n) is 3.34. The molecule has 1 fully saturated rings. The topological polar surface area (TPSA) is 63.9 Å². The Bertz CT molecular complexity index is 948. The Morgan fingerprint density at radius 3 is 2.63 bits per heavy atom. The Morgan fingerprint density at radius 1 is 1.15 bits per heavy atom. The second kappa shape index (κ2) is 7.48. The molecular weight excluding hydrogens is 362 g/mol. The smallest absolute Gasteiger partial charge is 0.276 e. The van der Waals surface area contributed by atoms with Gasteiger partial charge in [-0.1, -0.05) is 35.9 Å². The Hall–Kier alpha value is -2.73. The van der Waals surface area contributed by atoms with Gasteiger partial charge in [0.2, 0.25) is 0 Å². The largest absolute Gasteiger partial charge is 0.337 e. The van der Waals surface area contributed by atoms with E-state index in [9.17, 15) is 4.79 Å². The van der Waals surface area contributed by atoms with Crippen LogP contribution in [0.25, 0.3) is 16.9 Å². The molecule has 0 radical (unpaired) electrons. The van der Waals surface area contributed by atoms with Crippen molar-refractivity contribution < 1.29 is 4.79 Å². The van der Waals surface area contributed by atoms with Crippen molar-refractivity contribution in [3.8, 4) is 16.9 Å². The maximum atomic E-state index is 13.2. The monoisotopic (exact) mass is 381 g/mol. The minimum absolute atomic E-state index is 0.0981. The maximum Gasteiger partial charge on any atom is 0.276 e. The van der Waals surface area contributed by atoms with Gasteiger partial charge in [-0.05, 0) is 43.0 Å². The maximum absolute atomic E-state index is 13.2. The van der Waals surface area contributed by atoms with E-state index in [1.165, 1.54) is 0 Å². The number of carbonyl (C=O) groups is 1. The first kappa shape index (κ1) is 17.7. The lowest BCUT2D eigenvalue weighted by molar-refractivity contribution is 0.0692. The normalized spacial score (nSPS) is 15.1. The molecule has 1 amide bonds. The number of benzene rings is 1. The number of pyridine rings is 1. The molecule has 27 heavy (non-hydrogen) atoms. The molecule has 2 aromatic heterocycles. The molecule has 0 N–H and O–H groups in total. The predicted octanol–water partition coefficient (Wildman–Crippen LogP) is 3.85. The Labute approximate surface area is 162 Å². The number of likely N-dealkylation sites (tertiary alicyclic amines) is 1. The number of piperidine rings is 1. The molecule has 0 saturated carbocycles. The number of hydrogen-bond acceptors (Lipinski definition) is 4. The van der Waals surface area contributed by atoms with Gasteiger partial charge in [0, 0.05) is 31.0 Å². The van der Waals surface area contributed by atoms with Crippen LogP contribution in [-0.2, 0) is 0 Å². The molecule has 1 saturated heterocycles. The minimum atomic E-state index is -0.0981. The lowest BCUT2D eigenvalue weighted by Crippen LogP contribution is -2.38. The zero-order valence-corrected chi connectivity index (χ0v) is 15.8. The van der Waals surface area contributed by atoms with Gasteiger partial charge in [-0.3, -0.25) is 9.78 Å².